The Labute approximate surface area is 127 Å². The van der Waals surface area contributed by atoms with Crippen LogP contribution in [-0.2, 0) is 6.42 Å². The minimum atomic E-state index is 0. The minimum Gasteiger partial charge on any atom is -0.333 e. The average Bonchev–Trinajstić information content (AvgIpc) is 3.07. The summed E-state index contributed by atoms with van der Waals surface area (Å²) < 4.78 is 9.32. The van der Waals surface area contributed by atoms with E-state index in [0.717, 1.165) is 42.5 Å². The van der Waals surface area contributed by atoms with E-state index in [1.54, 1.807) is 0 Å². The predicted molar refractivity (Wildman–Crippen MR) is 78.1 cm³/mol. The van der Waals surface area contributed by atoms with Gasteiger partial charge < -0.3 is 9.84 Å². The average molecular weight is 317 g/mol. The number of aromatic nitrogens is 4. The van der Waals surface area contributed by atoms with Gasteiger partial charge in [-0.15, -0.1) is 17.5 Å². The molecule has 2 aromatic rings. The summed E-state index contributed by atoms with van der Waals surface area (Å²) in [6.07, 6.45) is 0.814. The van der Waals surface area contributed by atoms with E-state index in [9.17, 15) is 0 Å². The highest BCUT2D eigenvalue weighted by Crippen LogP contribution is 2.27. The minimum absolute atomic E-state index is 0. The molecule has 9 heteroatoms. The lowest BCUT2D eigenvalue weighted by molar-refractivity contribution is 0.190. The first-order valence-electron chi connectivity index (χ1n) is 6.35. The third-order valence-corrected chi connectivity index (χ3v) is 4.09. The lowest BCUT2D eigenvalue weighted by Crippen LogP contribution is -2.44. The molecule has 1 aliphatic rings. The molecule has 3 rings (SSSR count). The summed E-state index contributed by atoms with van der Waals surface area (Å²) >= 11 is 1.30. The molecule has 7 nitrogen and oxygen atoms in total. The van der Waals surface area contributed by atoms with Gasteiger partial charge in [-0.1, -0.05) is 16.6 Å². The van der Waals surface area contributed by atoms with Crippen molar-refractivity contribution in [3.8, 4) is 10.8 Å². The molecule has 2 aromatic heterocycles. The van der Waals surface area contributed by atoms with Crippen LogP contribution < -0.4 is 5.32 Å². The molecule has 0 radical (unpaired) electrons. The van der Waals surface area contributed by atoms with Gasteiger partial charge in [0, 0.05) is 19.6 Å². The van der Waals surface area contributed by atoms with Gasteiger partial charge >= 0.3 is 0 Å². The summed E-state index contributed by atoms with van der Waals surface area (Å²) in [7, 11) is 2.08. The third kappa shape index (κ3) is 2.83. The van der Waals surface area contributed by atoms with E-state index >= 15 is 0 Å². The molecule has 3 heterocycles. The molecular formula is C11H17ClN6OS. The van der Waals surface area contributed by atoms with Crippen molar-refractivity contribution in [1.29, 1.82) is 0 Å². The SMILES string of the molecule is CCc1nnsc1-c1nc(C2CNCCN2C)no1.Cl. The van der Waals surface area contributed by atoms with Crippen molar-refractivity contribution in [1.82, 2.24) is 29.9 Å². The number of nitrogens with zero attached hydrogens (tertiary/aromatic N) is 5. The molecule has 0 aromatic carbocycles. The monoisotopic (exact) mass is 316 g/mol. The van der Waals surface area contributed by atoms with Crippen LogP contribution in [0.3, 0.4) is 0 Å². The fourth-order valence-corrected chi connectivity index (χ4v) is 2.83. The number of hydrogen-bond donors (Lipinski definition) is 1. The predicted octanol–water partition coefficient (Wildman–Crippen LogP) is 1.15. The molecule has 1 atom stereocenters. The molecule has 110 valence electrons. The van der Waals surface area contributed by atoms with Crippen LogP contribution in [0.2, 0.25) is 0 Å². The Morgan fingerprint density at radius 3 is 3.10 bits per heavy atom. The summed E-state index contributed by atoms with van der Waals surface area (Å²) in [5.74, 6) is 1.25. The van der Waals surface area contributed by atoms with Crippen LogP contribution in [0.5, 0.6) is 0 Å². The number of likely N-dealkylation sites (N-methyl/N-ethyl adjacent to an activating group) is 1. The molecule has 1 N–H and O–H groups in total. The van der Waals surface area contributed by atoms with Crippen molar-refractivity contribution in [2.75, 3.05) is 26.7 Å². The molecule has 20 heavy (non-hydrogen) atoms. The lowest BCUT2D eigenvalue weighted by atomic mass is 10.2. The molecule has 0 saturated carbocycles. The Bertz CT molecular complexity index is 559. The van der Waals surface area contributed by atoms with Gasteiger partial charge in [0.25, 0.3) is 5.89 Å². The third-order valence-electron chi connectivity index (χ3n) is 3.34. The molecule has 0 aliphatic carbocycles. The van der Waals surface area contributed by atoms with Crippen molar-refractivity contribution in [2.24, 2.45) is 0 Å². The topological polar surface area (TPSA) is 80.0 Å². The van der Waals surface area contributed by atoms with Crippen molar-refractivity contribution >= 4 is 23.9 Å². The maximum absolute atomic E-state index is 5.37. The van der Waals surface area contributed by atoms with Crippen LogP contribution in [0.25, 0.3) is 10.8 Å². The van der Waals surface area contributed by atoms with Crippen LogP contribution >= 0.6 is 23.9 Å². The smallest absolute Gasteiger partial charge is 0.271 e. The first-order valence-corrected chi connectivity index (χ1v) is 7.13. The molecule has 1 fully saturated rings. The highest BCUT2D eigenvalue weighted by atomic mass is 35.5. The summed E-state index contributed by atoms with van der Waals surface area (Å²) in [5, 5.41) is 11.5. The first kappa shape index (κ1) is 15.3. The van der Waals surface area contributed by atoms with E-state index < -0.39 is 0 Å². The molecule has 0 amide bonds. The summed E-state index contributed by atoms with van der Waals surface area (Å²) in [6.45, 7) is 4.86. The Morgan fingerprint density at radius 1 is 1.50 bits per heavy atom. The summed E-state index contributed by atoms with van der Waals surface area (Å²) in [4.78, 5) is 7.62. The van der Waals surface area contributed by atoms with Crippen LogP contribution in [0.15, 0.2) is 4.52 Å². The van der Waals surface area contributed by atoms with Gasteiger partial charge in [0.05, 0.1) is 11.7 Å². The van der Waals surface area contributed by atoms with E-state index in [0.29, 0.717) is 5.89 Å². The van der Waals surface area contributed by atoms with E-state index in [1.165, 1.54) is 11.5 Å². The zero-order valence-corrected chi connectivity index (χ0v) is 13.0. The molecule has 1 saturated heterocycles. The van der Waals surface area contributed by atoms with E-state index in [-0.39, 0.29) is 18.4 Å². The quantitative estimate of drug-likeness (QED) is 0.909. The molecule has 1 aliphatic heterocycles. The number of aryl methyl sites for hydroxylation is 1. The second-order valence-electron chi connectivity index (χ2n) is 4.56. The van der Waals surface area contributed by atoms with Crippen molar-refractivity contribution in [3.63, 3.8) is 0 Å². The number of hydrogen-bond acceptors (Lipinski definition) is 8. The Hall–Kier alpha value is -1.09. The lowest BCUT2D eigenvalue weighted by Gasteiger charge is -2.30. The van der Waals surface area contributed by atoms with Gasteiger partial charge in [0.1, 0.15) is 4.88 Å². The number of nitrogens with one attached hydrogen (secondary N) is 1. The summed E-state index contributed by atoms with van der Waals surface area (Å²) in [5.41, 5.74) is 0.912. The standard InChI is InChI=1S/C11H16N6OS.ClH/c1-3-7-9(19-16-14-7)11-13-10(15-18-11)8-6-12-4-5-17(8)2;/h8,12H,3-6H2,1-2H3;1H. The Kier molecular flexibility index (Phi) is 5.03. The zero-order valence-electron chi connectivity index (χ0n) is 11.4. The maximum atomic E-state index is 5.37. The highest BCUT2D eigenvalue weighted by Gasteiger charge is 2.26. The van der Waals surface area contributed by atoms with E-state index in [2.05, 4.69) is 37.0 Å². The van der Waals surface area contributed by atoms with Gasteiger partial charge in [-0.3, -0.25) is 4.90 Å². The fourth-order valence-electron chi connectivity index (χ4n) is 2.16. The van der Waals surface area contributed by atoms with Crippen LogP contribution in [0.4, 0.5) is 0 Å². The zero-order chi connectivity index (χ0) is 13.2. The first-order chi connectivity index (χ1) is 9.29. The molecule has 0 bridgehead atoms. The molecule has 0 spiro atoms. The normalized spacial score (nSPS) is 19.8. The van der Waals surface area contributed by atoms with Gasteiger partial charge in [0.2, 0.25) is 0 Å². The number of piperazine rings is 1. The van der Waals surface area contributed by atoms with Crippen LogP contribution in [0, 0.1) is 0 Å². The van der Waals surface area contributed by atoms with E-state index in [1.807, 2.05) is 6.92 Å². The fraction of sp³-hybridized carbons (Fsp3) is 0.636. The van der Waals surface area contributed by atoms with E-state index in [4.69, 9.17) is 4.52 Å². The Morgan fingerprint density at radius 2 is 2.35 bits per heavy atom. The number of rotatable bonds is 3. The maximum Gasteiger partial charge on any atom is 0.271 e. The largest absolute Gasteiger partial charge is 0.333 e. The van der Waals surface area contributed by atoms with Crippen molar-refractivity contribution < 1.29 is 4.52 Å². The summed E-state index contributed by atoms with van der Waals surface area (Å²) in [6, 6.07) is 0.164. The van der Waals surface area contributed by atoms with Gasteiger partial charge in [-0.25, -0.2) is 0 Å². The molecule has 1 unspecified atom stereocenters. The van der Waals surface area contributed by atoms with Gasteiger partial charge in [-0.05, 0) is 25.0 Å². The van der Waals surface area contributed by atoms with Crippen LogP contribution in [0.1, 0.15) is 24.5 Å². The van der Waals surface area contributed by atoms with Gasteiger partial charge in [0.15, 0.2) is 5.82 Å². The van der Waals surface area contributed by atoms with Crippen LogP contribution in [-0.4, -0.2) is 51.3 Å². The van der Waals surface area contributed by atoms with Crippen molar-refractivity contribution in [3.05, 3.63) is 11.5 Å². The number of halogens is 1. The highest BCUT2D eigenvalue weighted by molar-refractivity contribution is 7.09. The molecular weight excluding hydrogens is 300 g/mol. The van der Waals surface area contributed by atoms with Crippen molar-refractivity contribution in [2.45, 2.75) is 19.4 Å². The van der Waals surface area contributed by atoms with Gasteiger partial charge in [-0.2, -0.15) is 4.98 Å². The Balaban J connectivity index is 0.00000147. The second kappa shape index (κ2) is 6.57. The second-order valence-corrected chi connectivity index (χ2v) is 5.31.